The smallest absolute Gasteiger partial charge is 0.339 e. The van der Waals surface area contributed by atoms with Gasteiger partial charge in [-0.3, -0.25) is 0 Å². The van der Waals surface area contributed by atoms with Crippen LogP contribution in [0.5, 0.6) is 0 Å². The summed E-state index contributed by atoms with van der Waals surface area (Å²) in [6.07, 6.45) is 0. The Kier molecular flexibility index (Phi) is 7.92. The summed E-state index contributed by atoms with van der Waals surface area (Å²) in [5.41, 5.74) is 12.6. The van der Waals surface area contributed by atoms with Gasteiger partial charge in [0, 0.05) is 16.9 Å². The number of benzene rings is 2. The number of hydrogen-bond donors (Lipinski definition) is 2. The van der Waals surface area contributed by atoms with Crippen LogP contribution in [0.4, 0.5) is 20.2 Å². The van der Waals surface area contributed by atoms with Crippen molar-refractivity contribution in [1.82, 2.24) is 5.16 Å². The summed E-state index contributed by atoms with van der Waals surface area (Å²) in [5, 5.41) is 3.76. The number of esters is 2. The fourth-order valence-corrected chi connectivity index (χ4v) is 3.13. The molecule has 8 nitrogen and oxygen atoms in total. The molecule has 0 aliphatic rings. The minimum atomic E-state index is -0.620. The van der Waals surface area contributed by atoms with Crippen molar-refractivity contribution in [2.24, 2.45) is 0 Å². The molecular weight excluding hydrogens is 492 g/mol. The Bertz CT molecular complexity index is 1160. The number of aryl methyl sites for hydroxylation is 2. The van der Waals surface area contributed by atoms with Gasteiger partial charge in [0.05, 0.1) is 41.1 Å². The fourth-order valence-electron chi connectivity index (χ4n) is 2.78. The largest absolute Gasteiger partial charge is 0.465 e. The van der Waals surface area contributed by atoms with E-state index in [9.17, 15) is 18.4 Å². The molecule has 3 aromatic rings. The SMILES string of the molecule is COC(=O)c1cc(-c2c(C)noc2C)c(F)cc1N.COC(=O)c1cc(Br)c(F)cc1N. The maximum Gasteiger partial charge on any atom is 0.339 e. The summed E-state index contributed by atoms with van der Waals surface area (Å²) in [6, 6.07) is 4.79. The highest BCUT2D eigenvalue weighted by Gasteiger charge is 2.20. The van der Waals surface area contributed by atoms with Gasteiger partial charge < -0.3 is 25.5 Å². The van der Waals surface area contributed by atoms with Gasteiger partial charge in [-0.05, 0) is 54.0 Å². The molecule has 0 radical (unpaired) electrons. The minimum Gasteiger partial charge on any atom is -0.465 e. The molecular formula is C21H20BrF2N3O5. The van der Waals surface area contributed by atoms with E-state index in [2.05, 4.69) is 30.6 Å². The topological polar surface area (TPSA) is 131 Å². The first-order valence-corrected chi connectivity index (χ1v) is 9.74. The Labute approximate surface area is 190 Å². The summed E-state index contributed by atoms with van der Waals surface area (Å²) in [6.45, 7) is 3.36. The van der Waals surface area contributed by atoms with Crippen LogP contribution in [0.1, 0.15) is 32.2 Å². The molecule has 0 bridgehead atoms. The van der Waals surface area contributed by atoms with Crippen molar-refractivity contribution in [2.75, 3.05) is 25.7 Å². The van der Waals surface area contributed by atoms with Crippen LogP contribution in [0.3, 0.4) is 0 Å². The van der Waals surface area contributed by atoms with Crippen molar-refractivity contribution in [3.63, 3.8) is 0 Å². The predicted octanol–water partition coefficient (Wildman–Crippen LogP) is 4.42. The molecule has 170 valence electrons. The number of aromatic nitrogens is 1. The van der Waals surface area contributed by atoms with E-state index in [1.807, 2.05) is 0 Å². The van der Waals surface area contributed by atoms with E-state index in [0.29, 0.717) is 17.0 Å². The number of nitrogens with zero attached hydrogens (tertiary/aromatic N) is 1. The number of anilines is 2. The third kappa shape index (κ3) is 5.22. The molecule has 0 aliphatic heterocycles. The van der Waals surface area contributed by atoms with Crippen LogP contribution in [-0.4, -0.2) is 31.3 Å². The number of halogens is 3. The lowest BCUT2D eigenvalue weighted by molar-refractivity contribution is 0.0593. The highest BCUT2D eigenvalue weighted by Crippen LogP contribution is 2.32. The number of nitrogen functional groups attached to an aromatic ring is 2. The van der Waals surface area contributed by atoms with Gasteiger partial charge in [-0.25, -0.2) is 18.4 Å². The monoisotopic (exact) mass is 511 g/mol. The first kappa shape index (κ1) is 24.8. The highest BCUT2D eigenvalue weighted by atomic mass is 79.9. The summed E-state index contributed by atoms with van der Waals surface area (Å²) in [5.74, 6) is -1.79. The predicted molar refractivity (Wildman–Crippen MR) is 117 cm³/mol. The first-order valence-electron chi connectivity index (χ1n) is 8.95. The van der Waals surface area contributed by atoms with Gasteiger partial charge >= 0.3 is 11.9 Å². The molecule has 3 rings (SSSR count). The molecule has 0 unspecified atom stereocenters. The third-order valence-corrected chi connectivity index (χ3v) is 4.95. The van der Waals surface area contributed by atoms with Crippen LogP contribution in [0.2, 0.25) is 0 Å². The zero-order valence-corrected chi connectivity index (χ0v) is 19.2. The van der Waals surface area contributed by atoms with E-state index >= 15 is 0 Å². The third-order valence-electron chi connectivity index (χ3n) is 4.34. The molecule has 32 heavy (non-hydrogen) atoms. The van der Waals surface area contributed by atoms with E-state index in [0.717, 1.165) is 12.1 Å². The molecule has 0 amide bonds. The number of nitrogens with two attached hydrogens (primary N) is 2. The van der Waals surface area contributed by atoms with Crippen molar-refractivity contribution in [3.8, 4) is 11.1 Å². The van der Waals surface area contributed by atoms with Crippen LogP contribution in [0, 0.1) is 25.5 Å². The van der Waals surface area contributed by atoms with Gasteiger partial charge in [-0.15, -0.1) is 0 Å². The average Bonchev–Trinajstić information content (AvgIpc) is 3.08. The second kappa shape index (κ2) is 10.2. The molecule has 0 aliphatic carbocycles. The molecule has 0 saturated carbocycles. The lowest BCUT2D eigenvalue weighted by atomic mass is 10.00. The molecule has 0 spiro atoms. The molecule has 11 heteroatoms. The van der Waals surface area contributed by atoms with E-state index in [4.69, 9.17) is 16.0 Å². The Morgan fingerprint density at radius 2 is 1.44 bits per heavy atom. The van der Waals surface area contributed by atoms with Gasteiger partial charge in [-0.1, -0.05) is 5.16 Å². The standard InChI is InChI=1S/C13H13FN2O3.C8H7BrFNO2/c1-6-12(7(2)19-16-6)8-4-9(13(17)18-3)11(15)5-10(8)14;1-13-8(12)4-2-5(9)6(10)3-7(4)11/h4-5H,15H2,1-3H3;2-3H,11H2,1H3. The lowest BCUT2D eigenvalue weighted by Gasteiger charge is -2.08. The van der Waals surface area contributed by atoms with Gasteiger partial charge in [0.2, 0.25) is 0 Å². The van der Waals surface area contributed by atoms with Crippen LogP contribution in [0.25, 0.3) is 11.1 Å². The lowest BCUT2D eigenvalue weighted by Crippen LogP contribution is -2.07. The fraction of sp³-hybridized carbons (Fsp3) is 0.190. The Balaban J connectivity index is 0.000000244. The number of carbonyl (C=O) groups excluding carboxylic acids is 2. The molecule has 0 atom stereocenters. The van der Waals surface area contributed by atoms with Crippen molar-refractivity contribution in [1.29, 1.82) is 0 Å². The number of ether oxygens (including phenoxy) is 2. The molecule has 0 saturated heterocycles. The Morgan fingerprint density at radius 1 is 0.938 bits per heavy atom. The van der Waals surface area contributed by atoms with Crippen molar-refractivity contribution in [3.05, 3.63) is 63.0 Å². The van der Waals surface area contributed by atoms with Crippen LogP contribution < -0.4 is 11.5 Å². The molecule has 0 fully saturated rings. The number of hydrogen-bond acceptors (Lipinski definition) is 8. The van der Waals surface area contributed by atoms with Crippen LogP contribution in [0.15, 0.2) is 33.3 Å². The maximum absolute atomic E-state index is 14.0. The zero-order chi connectivity index (χ0) is 24.2. The summed E-state index contributed by atoms with van der Waals surface area (Å²) in [7, 11) is 2.47. The van der Waals surface area contributed by atoms with Crippen molar-refractivity contribution < 1.29 is 32.4 Å². The van der Waals surface area contributed by atoms with Crippen molar-refractivity contribution >= 4 is 39.2 Å². The Hall–Kier alpha value is -3.47. The van der Waals surface area contributed by atoms with Crippen LogP contribution >= 0.6 is 15.9 Å². The van der Waals surface area contributed by atoms with Gasteiger partial charge in [-0.2, -0.15) is 0 Å². The summed E-state index contributed by atoms with van der Waals surface area (Å²) >= 11 is 2.94. The van der Waals surface area contributed by atoms with Crippen molar-refractivity contribution in [2.45, 2.75) is 13.8 Å². The summed E-state index contributed by atoms with van der Waals surface area (Å²) < 4.78 is 41.1. The summed E-state index contributed by atoms with van der Waals surface area (Å²) in [4.78, 5) is 22.6. The van der Waals surface area contributed by atoms with E-state index in [-0.39, 0.29) is 32.5 Å². The Morgan fingerprint density at radius 3 is 1.91 bits per heavy atom. The second-order valence-electron chi connectivity index (χ2n) is 6.46. The van der Waals surface area contributed by atoms with E-state index in [1.165, 1.54) is 26.4 Å². The maximum atomic E-state index is 14.0. The number of carbonyl (C=O) groups is 2. The molecule has 1 heterocycles. The first-order chi connectivity index (χ1) is 15.0. The number of rotatable bonds is 3. The highest BCUT2D eigenvalue weighted by molar-refractivity contribution is 9.10. The molecule has 1 aromatic heterocycles. The molecule has 4 N–H and O–H groups in total. The minimum absolute atomic E-state index is 0.0276. The molecule has 2 aromatic carbocycles. The normalized spacial score (nSPS) is 10.2. The van der Waals surface area contributed by atoms with Gasteiger partial charge in [0.15, 0.2) is 0 Å². The quantitative estimate of drug-likeness (QED) is 0.390. The number of methoxy groups -OCH3 is 2. The average molecular weight is 512 g/mol. The van der Waals surface area contributed by atoms with Crippen LogP contribution in [-0.2, 0) is 9.47 Å². The van der Waals surface area contributed by atoms with E-state index < -0.39 is 23.6 Å². The zero-order valence-electron chi connectivity index (χ0n) is 17.6. The van der Waals surface area contributed by atoms with E-state index in [1.54, 1.807) is 13.8 Å². The second-order valence-corrected chi connectivity index (χ2v) is 7.31. The van der Waals surface area contributed by atoms with Gasteiger partial charge in [0.1, 0.15) is 17.4 Å². The van der Waals surface area contributed by atoms with Gasteiger partial charge in [0.25, 0.3) is 0 Å².